The summed E-state index contributed by atoms with van der Waals surface area (Å²) in [5.74, 6) is -1.20. The van der Waals surface area contributed by atoms with E-state index in [2.05, 4.69) is 99.0 Å². The van der Waals surface area contributed by atoms with Crippen LogP contribution in [0.2, 0.25) is 0 Å². The van der Waals surface area contributed by atoms with Crippen LogP contribution in [0.25, 0.3) is 0 Å². The van der Waals surface area contributed by atoms with Crippen molar-refractivity contribution in [3.05, 3.63) is 85.1 Å². The molecule has 11 nitrogen and oxygen atoms in total. The summed E-state index contributed by atoms with van der Waals surface area (Å²) < 4.78 is 17.7. The van der Waals surface area contributed by atoms with Crippen LogP contribution >= 0.6 is 0 Å². The van der Waals surface area contributed by atoms with Gasteiger partial charge in [0.05, 0.1) is 25.4 Å². The first-order valence-electron chi connectivity index (χ1n) is 35.9. The summed E-state index contributed by atoms with van der Waals surface area (Å²) >= 11 is 0. The Balaban J connectivity index is 2.59. The van der Waals surface area contributed by atoms with E-state index in [-0.39, 0.29) is 19.4 Å². The van der Waals surface area contributed by atoms with Gasteiger partial charge in [0.1, 0.15) is 24.4 Å². The van der Waals surface area contributed by atoms with E-state index in [9.17, 15) is 35.1 Å². The molecule has 0 spiro atoms. The van der Waals surface area contributed by atoms with Crippen molar-refractivity contribution in [2.45, 2.75) is 365 Å². The molecule has 0 aromatic heterocycles. The van der Waals surface area contributed by atoms with Gasteiger partial charge in [-0.25, -0.2) is 0 Å². The van der Waals surface area contributed by atoms with Crippen molar-refractivity contribution in [1.82, 2.24) is 5.32 Å². The van der Waals surface area contributed by atoms with Gasteiger partial charge >= 0.3 is 5.97 Å². The smallest absolute Gasteiger partial charge is 0.306 e. The lowest BCUT2D eigenvalue weighted by atomic mass is 9.99. The highest BCUT2D eigenvalue weighted by Crippen LogP contribution is 2.26. The van der Waals surface area contributed by atoms with E-state index in [4.69, 9.17) is 14.2 Å². The lowest BCUT2D eigenvalue weighted by Crippen LogP contribution is -2.61. The van der Waals surface area contributed by atoms with Crippen molar-refractivity contribution < 1.29 is 49.3 Å². The summed E-state index contributed by atoms with van der Waals surface area (Å²) in [6.45, 7) is 5.76. The summed E-state index contributed by atoms with van der Waals surface area (Å²) in [7, 11) is 0. The number of nitrogens with one attached hydrogen (secondary N) is 1. The Kier molecular flexibility index (Phi) is 58.3. The zero-order valence-corrected chi connectivity index (χ0v) is 55.4. The Bertz CT molecular complexity index is 1720. The molecule has 1 saturated heterocycles. The zero-order chi connectivity index (χ0) is 62.4. The average molecular weight is 1210 g/mol. The molecule has 498 valence electrons. The first-order valence-corrected chi connectivity index (χ1v) is 35.9. The standard InChI is InChI=1S/C75H133NO10/c1-4-7-10-13-16-19-22-25-27-29-31-33-34-35-37-38-40-42-44-47-50-53-56-59-62-68(79)74(83)76-66(67(78)61-58-55-52-49-46-24-21-18-15-12-9-6-3)65-84-75-73(72(82)71(81)69(64-77)85-75)86-70(80)63-60-57-54-51-48-45-43-41-39-36-32-30-28-26-23-20-17-14-11-8-5-2/h16-17,19-20,25-28,31,33,35,37,58,61,66-69,71-73,75,77-79,81-82H,4-15,18,21-24,29-30,32,34,36,38-57,59-60,62-65H2,1-3H3,(H,76,83)/b19-16-,20-17-,27-25-,28-26-,33-31-,37-35-,61-58+. The van der Waals surface area contributed by atoms with Crippen LogP contribution in [-0.2, 0) is 23.8 Å². The molecule has 1 rings (SSSR count). The monoisotopic (exact) mass is 1210 g/mol. The molecule has 1 heterocycles. The predicted octanol–water partition coefficient (Wildman–Crippen LogP) is 18.5. The van der Waals surface area contributed by atoms with Gasteiger partial charge in [-0.05, 0) is 103 Å². The number of rotatable bonds is 61. The Labute approximate surface area is 527 Å². The number of carbonyl (C=O) groups excluding carboxylic acids is 2. The van der Waals surface area contributed by atoms with Gasteiger partial charge in [0.15, 0.2) is 12.4 Å². The average Bonchev–Trinajstić information content (AvgIpc) is 3.68. The number of esters is 1. The zero-order valence-electron chi connectivity index (χ0n) is 55.4. The van der Waals surface area contributed by atoms with Crippen LogP contribution in [0.5, 0.6) is 0 Å². The molecule has 86 heavy (non-hydrogen) atoms. The fourth-order valence-corrected chi connectivity index (χ4v) is 10.8. The fourth-order valence-electron chi connectivity index (χ4n) is 10.8. The number of hydrogen-bond donors (Lipinski definition) is 6. The van der Waals surface area contributed by atoms with E-state index in [1.54, 1.807) is 6.08 Å². The van der Waals surface area contributed by atoms with Crippen LogP contribution < -0.4 is 5.32 Å². The second-order valence-corrected chi connectivity index (χ2v) is 24.6. The molecule has 0 radical (unpaired) electrons. The maximum Gasteiger partial charge on any atom is 0.306 e. The molecule has 0 saturated carbocycles. The lowest BCUT2D eigenvalue weighted by Gasteiger charge is -2.41. The van der Waals surface area contributed by atoms with E-state index >= 15 is 0 Å². The van der Waals surface area contributed by atoms with Crippen molar-refractivity contribution in [3.63, 3.8) is 0 Å². The molecule has 6 N–H and O–H groups in total. The molecule has 1 aliphatic rings. The number of aliphatic hydroxyl groups is 5. The number of ether oxygens (including phenoxy) is 3. The summed E-state index contributed by atoms with van der Waals surface area (Å²) in [4.78, 5) is 26.7. The Morgan fingerprint density at radius 3 is 1.22 bits per heavy atom. The van der Waals surface area contributed by atoms with E-state index < -0.39 is 67.4 Å². The van der Waals surface area contributed by atoms with Gasteiger partial charge in [-0.2, -0.15) is 0 Å². The van der Waals surface area contributed by atoms with E-state index in [0.717, 1.165) is 89.9 Å². The number of allylic oxidation sites excluding steroid dienone is 13. The molecule has 8 unspecified atom stereocenters. The largest absolute Gasteiger partial charge is 0.454 e. The van der Waals surface area contributed by atoms with Gasteiger partial charge in [0.2, 0.25) is 5.91 Å². The molecular formula is C75H133NO10. The fraction of sp³-hybridized carbons (Fsp3) is 0.787. The maximum atomic E-state index is 13.5. The van der Waals surface area contributed by atoms with Crippen molar-refractivity contribution in [2.75, 3.05) is 13.2 Å². The van der Waals surface area contributed by atoms with Crippen molar-refractivity contribution >= 4 is 11.9 Å². The van der Waals surface area contributed by atoms with Gasteiger partial charge in [-0.3, -0.25) is 9.59 Å². The highest BCUT2D eigenvalue weighted by molar-refractivity contribution is 5.80. The van der Waals surface area contributed by atoms with Crippen LogP contribution in [-0.4, -0.2) is 99.6 Å². The van der Waals surface area contributed by atoms with Gasteiger partial charge in [0, 0.05) is 6.42 Å². The molecule has 8 atom stereocenters. The van der Waals surface area contributed by atoms with Gasteiger partial charge < -0.3 is 45.1 Å². The Hall–Kier alpha value is -3.16. The third kappa shape index (κ3) is 48.7. The summed E-state index contributed by atoms with van der Waals surface area (Å²) in [6.07, 6.45) is 71.8. The molecule has 1 fully saturated rings. The second-order valence-electron chi connectivity index (χ2n) is 24.6. The lowest BCUT2D eigenvalue weighted by molar-refractivity contribution is -0.305. The van der Waals surface area contributed by atoms with Crippen LogP contribution in [0.1, 0.15) is 316 Å². The van der Waals surface area contributed by atoms with Crippen LogP contribution in [0.15, 0.2) is 85.1 Å². The maximum absolute atomic E-state index is 13.5. The first-order chi connectivity index (χ1) is 42.2. The third-order valence-corrected chi connectivity index (χ3v) is 16.5. The number of carbonyl (C=O) groups is 2. The minimum atomic E-state index is -1.62. The summed E-state index contributed by atoms with van der Waals surface area (Å²) in [5.41, 5.74) is 0. The van der Waals surface area contributed by atoms with Crippen molar-refractivity contribution in [1.29, 1.82) is 0 Å². The van der Waals surface area contributed by atoms with E-state index in [1.807, 2.05) is 6.08 Å². The molecule has 0 aromatic carbocycles. The van der Waals surface area contributed by atoms with Crippen molar-refractivity contribution in [2.24, 2.45) is 0 Å². The molecule has 11 heteroatoms. The number of unbranched alkanes of at least 4 members (excludes halogenated alkanes) is 35. The first kappa shape index (κ1) is 80.9. The van der Waals surface area contributed by atoms with E-state index in [0.29, 0.717) is 12.8 Å². The number of hydrogen-bond acceptors (Lipinski definition) is 10. The van der Waals surface area contributed by atoms with Gasteiger partial charge in [-0.15, -0.1) is 0 Å². The molecule has 0 aliphatic carbocycles. The number of amides is 1. The summed E-state index contributed by atoms with van der Waals surface area (Å²) in [5, 5.41) is 57.3. The molecule has 1 amide bonds. The van der Waals surface area contributed by atoms with Crippen molar-refractivity contribution in [3.8, 4) is 0 Å². The molecule has 0 bridgehead atoms. The van der Waals surface area contributed by atoms with Crippen LogP contribution in [0.3, 0.4) is 0 Å². The predicted molar refractivity (Wildman–Crippen MR) is 361 cm³/mol. The third-order valence-electron chi connectivity index (χ3n) is 16.5. The molecule has 1 aliphatic heterocycles. The second kappa shape index (κ2) is 62.1. The highest BCUT2D eigenvalue weighted by atomic mass is 16.7. The minimum absolute atomic E-state index is 0.118. The normalized spacial score (nSPS) is 18.8. The topological polar surface area (TPSA) is 175 Å². The van der Waals surface area contributed by atoms with Crippen LogP contribution in [0.4, 0.5) is 0 Å². The Morgan fingerprint density at radius 1 is 0.453 bits per heavy atom. The van der Waals surface area contributed by atoms with Crippen LogP contribution in [0, 0.1) is 0 Å². The molecular weight excluding hydrogens is 1070 g/mol. The van der Waals surface area contributed by atoms with Gasteiger partial charge in [0.25, 0.3) is 0 Å². The summed E-state index contributed by atoms with van der Waals surface area (Å²) in [6, 6.07) is -1.03. The number of aliphatic hydroxyl groups excluding tert-OH is 5. The minimum Gasteiger partial charge on any atom is -0.454 e. The SMILES string of the molecule is CCCCC/C=C\C/C=C\C/C=C\C/C=C\CCCCCCCCCCC(O)C(=O)NC(COC1OC(CO)C(O)C(O)C1OC(=O)CCCCCCCCCCCCC/C=C\C/C=C\CCCCC)C(O)/C=C/CCCCCCCCCCCC. The van der Waals surface area contributed by atoms with Gasteiger partial charge in [-0.1, -0.05) is 292 Å². The quantitative estimate of drug-likeness (QED) is 0.0195. The Morgan fingerprint density at radius 2 is 0.802 bits per heavy atom. The van der Waals surface area contributed by atoms with E-state index in [1.165, 1.54) is 180 Å². The highest BCUT2D eigenvalue weighted by Gasteiger charge is 2.47. The molecule has 0 aromatic rings.